The molecule has 1 N–H and O–H groups in total. The highest BCUT2D eigenvalue weighted by Gasteiger charge is 2.49. The number of hydrogen-bond acceptors (Lipinski definition) is 6. The van der Waals surface area contributed by atoms with Crippen LogP contribution in [0.2, 0.25) is 0 Å². The van der Waals surface area contributed by atoms with Gasteiger partial charge in [-0.15, -0.1) is 0 Å². The summed E-state index contributed by atoms with van der Waals surface area (Å²) in [5.74, 6) is -0.650. The lowest BCUT2D eigenvalue weighted by atomic mass is 10.1. The van der Waals surface area contributed by atoms with Gasteiger partial charge in [0.1, 0.15) is 18.3 Å². The second-order valence-corrected chi connectivity index (χ2v) is 4.66. The second-order valence-electron chi connectivity index (χ2n) is 4.66. The zero-order valence-corrected chi connectivity index (χ0v) is 9.77. The van der Waals surface area contributed by atoms with Crippen molar-refractivity contribution in [1.82, 2.24) is 0 Å². The van der Waals surface area contributed by atoms with Crippen LogP contribution in [-0.4, -0.2) is 54.9 Å². The van der Waals surface area contributed by atoms with Gasteiger partial charge in [-0.2, -0.15) is 0 Å². The van der Waals surface area contributed by atoms with Gasteiger partial charge in [0.25, 0.3) is 0 Å². The third kappa shape index (κ3) is 2.07. The maximum atomic E-state index is 11.9. The highest BCUT2D eigenvalue weighted by molar-refractivity contribution is 5.90. The number of carbonyl (C=O) groups excluding carboxylic acids is 1. The molecule has 0 aliphatic carbocycles. The first-order chi connectivity index (χ1) is 8.75. The number of hydrogen-bond donors (Lipinski definition) is 1. The van der Waals surface area contributed by atoms with Crippen LogP contribution in [0.15, 0.2) is 17.3 Å². The molecule has 6 heteroatoms. The minimum absolute atomic E-state index is 0.233. The van der Waals surface area contributed by atoms with E-state index >= 15 is 0 Å². The number of ether oxygens (including phenoxy) is 3. The summed E-state index contributed by atoms with van der Waals surface area (Å²) in [6, 6.07) is 0. The van der Waals surface area contributed by atoms with E-state index in [0.29, 0.717) is 6.42 Å². The molecule has 0 aromatic heterocycles. The molecular weight excluding hydrogens is 238 g/mol. The molecule has 18 heavy (non-hydrogen) atoms. The molecule has 1 unspecified atom stereocenters. The van der Waals surface area contributed by atoms with Crippen LogP contribution < -0.4 is 0 Å². The average molecular weight is 253 g/mol. The number of carbonyl (C=O) groups is 1. The third-order valence-corrected chi connectivity index (χ3v) is 3.40. The van der Waals surface area contributed by atoms with Gasteiger partial charge in [0.15, 0.2) is 6.10 Å². The molecule has 0 amide bonds. The van der Waals surface area contributed by atoms with Crippen LogP contribution in [0.3, 0.4) is 0 Å². The molecule has 3 rings (SSSR count). The van der Waals surface area contributed by atoms with E-state index in [2.05, 4.69) is 4.99 Å². The average Bonchev–Trinajstić information content (AvgIpc) is 2.95. The standard InChI is InChI=1S/C12H15NO5/c14-8-5-16-11-9(6-17-10(8)11)18-12(15)7-2-1-3-13-4-7/h1,3-4,7-11,14H,2,5-6H2/t7?,8-,9+,10-,11-/m1/s1. The van der Waals surface area contributed by atoms with E-state index in [4.69, 9.17) is 14.2 Å². The van der Waals surface area contributed by atoms with Gasteiger partial charge in [-0.3, -0.25) is 9.79 Å². The zero-order valence-electron chi connectivity index (χ0n) is 9.77. The van der Waals surface area contributed by atoms with Crippen LogP contribution in [0.5, 0.6) is 0 Å². The van der Waals surface area contributed by atoms with Gasteiger partial charge in [0.2, 0.25) is 0 Å². The van der Waals surface area contributed by atoms with Crippen molar-refractivity contribution in [2.45, 2.75) is 30.8 Å². The van der Waals surface area contributed by atoms with E-state index in [1.165, 1.54) is 0 Å². The Morgan fingerprint density at radius 3 is 2.94 bits per heavy atom. The van der Waals surface area contributed by atoms with Gasteiger partial charge in [0, 0.05) is 12.4 Å². The fourth-order valence-electron chi connectivity index (χ4n) is 2.42. The maximum absolute atomic E-state index is 11.9. The number of esters is 1. The normalized spacial score (nSPS) is 41.9. The molecule has 0 radical (unpaired) electrons. The van der Waals surface area contributed by atoms with E-state index in [-0.39, 0.29) is 37.3 Å². The molecule has 6 nitrogen and oxygen atoms in total. The van der Waals surface area contributed by atoms with Gasteiger partial charge in [-0.1, -0.05) is 6.08 Å². The summed E-state index contributed by atoms with van der Waals surface area (Å²) in [7, 11) is 0. The molecule has 0 aromatic rings. The third-order valence-electron chi connectivity index (χ3n) is 3.40. The minimum atomic E-state index is -0.627. The Kier molecular flexibility index (Phi) is 3.15. The van der Waals surface area contributed by atoms with Crippen molar-refractivity contribution < 1.29 is 24.1 Å². The van der Waals surface area contributed by atoms with Crippen LogP contribution in [0.4, 0.5) is 0 Å². The highest BCUT2D eigenvalue weighted by Crippen LogP contribution is 2.29. The molecule has 0 aromatic carbocycles. The van der Waals surface area contributed by atoms with Gasteiger partial charge in [-0.25, -0.2) is 0 Å². The van der Waals surface area contributed by atoms with Crippen molar-refractivity contribution in [1.29, 1.82) is 0 Å². The topological polar surface area (TPSA) is 77.4 Å². The van der Waals surface area contributed by atoms with Gasteiger partial charge < -0.3 is 19.3 Å². The van der Waals surface area contributed by atoms with E-state index in [0.717, 1.165) is 0 Å². The predicted molar refractivity (Wildman–Crippen MR) is 61.1 cm³/mol. The van der Waals surface area contributed by atoms with Crippen molar-refractivity contribution >= 4 is 12.2 Å². The summed E-state index contributed by atoms with van der Waals surface area (Å²) >= 11 is 0. The van der Waals surface area contributed by atoms with Crippen LogP contribution >= 0.6 is 0 Å². The molecule has 3 aliphatic rings. The molecule has 3 heterocycles. The quantitative estimate of drug-likeness (QED) is 0.681. The van der Waals surface area contributed by atoms with Crippen molar-refractivity contribution in [3.63, 3.8) is 0 Å². The first-order valence-corrected chi connectivity index (χ1v) is 6.06. The van der Waals surface area contributed by atoms with Crippen molar-refractivity contribution in [3.8, 4) is 0 Å². The summed E-state index contributed by atoms with van der Waals surface area (Å²) in [6.07, 6.45) is 3.90. The van der Waals surface area contributed by atoms with Crippen LogP contribution in [0.25, 0.3) is 0 Å². The number of aliphatic hydroxyl groups excluding tert-OH is 1. The van der Waals surface area contributed by atoms with Crippen molar-refractivity contribution in [2.75, 3.05) is 13.2 Å². The summed E-state index contributed by atoms with van der Waals surface area (Å²) in [4.78, 5) is 15.8. The molecular formula is C12H15NO5. The second kappa shape index (κ2) is 4.79. The maximum Gasteiger partial charge on any atom is 0.315 e. The summed E-state index contributed by atoms with van der Waals surface area (Å²) in [5.41, 5.74) is 0. The summed E-state index contributed by atoms with van der Waals surface area (Å²) < 4.78 is 16.2. The molecule has 2 fully saturated rings. The van der Waals surface area contributed by atoms with E-state index in [9.17, 15) is 9.90 Å². The number of aliphatic imine (C=N–C) groups is 1. The van der Waals surface area contributed by atoms with E-state index < -0.39 is 12.2 Å². The Balaban J connectivity index is 1.58. The number of aliphatic hydroxyl groups is 1. The predicted octanol–water partition coefficient (Wildman–Crippen LogP) is -0.339. The van der Waals surface area contributed by atoms with Crippen molar-refractivity contribution in [2.24, 2.45) is 10.9 Å². The summed E-state index contributed by atoms with van der Waals surface area (Å²) in [6.45, 7) is 0.509. The largest absolute Gasteiger partial charge is 0.457 e. The number of rotatable bonds is 2. The molecule has 0 spiro atoms. The first kappa shape index (κ1) is 11.8. The molecule has 2 saturated heterocycles. The fourth-order valence-corrected chi connectivity index (χ4v) is 2.42. The van der Waals surface area contributed by atoms with Crippen LogP contribution in [-0.2, 0) is 19.0 Å². The van der Waals surface area contributed by atoms with Gasteiger partial charge in [-0.05, 0) is 6.42 Å². The Morgan fingerprint density at radius 1 is 1.33 bits per heavy atom. The minimum Gasteiger partial charge on any atom is -0.457 e. The Morgan fingerprint density at radius 2 is 2.17 bits per heavy atom. The van der Waals surface area contributed by atoms with E-state index in [1.54, 1.807) is 12.4 Å². The number of allylic oxidation sites excluding steroid dienone is 1. The number of fused-ring (bicyclic) bond motifs is 1. The van der Waals surface area contributed by atoms with Gasteiger partial charge >= 0.3 is 5.97 Å². The zero-order chi connectivity index (χ0) is 12.5. The Hall–Kier alpha value is -1.24. The lowest BCUT2D eigenvalue weighted by Gasteiger charge is -2.19. The molecule has 0 saturated carbocycles. The smallest absolute Gasteiger partial charge is 0.315 e. The fraction of sp³-hybridized carbons (Fsp3) is 0.667. The SMILES string of the molecule is O=C(O[C@H]1CO[C@H]2[C@@H]1OC[C@H]2O)C1C=NC=CC1. The molecule has 3 aliphatic heterocycles. The monoisotopic (exact) mass is 253 g/mol. The van der Waals surface area contributed by atoms with Gasteiger partial charge in [0.05, 0.1) is 19.1 Å². The Labute approximate surface area is 104 Å². The number of nitrogens with zero attached hydrogens (tertiary/aromatic N) is 1. The molecule has 5 atom stereocenters. The Bertz CT molecular complexity index is 394. The van der Waals surface area contributed by atoms with Crippen molar-refractivity contribution in [3.05, 3.63) is 12.3 Å². The lowest BCUT2D eigenvalue weighted by Crippen LogP contribution is -2.36. The van der Waals surface area contributed by atoms with Crippen LogP contribution in [0.1, 0.15) is 6.42 Å². The molecule has 98 valence electrons. The highest BCUT2D eigenvalue weighted by atomic mass is 16.6. The summed E-state index contributed by atoms with van der Waals surface area (Å²) in [5, 5.41) is 9.58. The first-order valence-electron chi connectivity index (χ1n) is 6.06. The molecule has 0 bridgehead atoms. The van der Waals surface area contributed by atoms with E-state index in [1.807, 2.05) is 6.08 Å². The lowest BCUT2D eigenvalue weighted by molar-refractivity contribution is -0.156. The van der Waals surface area contributed by atoms with Crippen LogP contribution in [0, 0.1) is 5.92 Å².